The Balaban J connectivity index is 2.08. The molecule has 0 heterocycles. The highest BCUT2D eigenvalue weighted by Gasteiger charge is 2.46. The van der Waals surface area contributed by atoms with Crippen LogP contribution in [0.1, 0.15) is 19.3 Å². The third kappa shape index (κ3) is 1.00. The lowest BCUT2D eigenvalue weighted by atomic mass is 9.85. The Hall–Kier alpha value is -0.0800. The molecule has 4 atom stereocenters. The van der Waals surface area contributed by atoms with Crippen molar-refractivity contribution in [3.8, 4) is 0 Å². The van der Waals surface area contributed by atoms with E-state index in [9.17, 15) is 0 Å². The fourth-order valence-electron chi connectivity index (χ4n) is 3.12. The molecule has 0 aromatic carbocycles. The summed E-state index contributed by atoms with van der Waals surface area (Å²) in [7, 11) is 2.02. The Kier molecular flexibility index (Phi) is 1.90. The summed E-state index contributed by atoms with van der Waals surface area (Å²) in [4.78, 5) is 0. The van der Waals surface area contributed by atoms with Crippen LogP contribution in [0.2, 0.25) is 0 Å². The monoisotopic (exact) mass is 155 g/mol. The highest BCUT2D eigenvalue weighted by molar-refractivity contribution is 4.99. The van der Waals surface area contributed by atoms with Crippen LogP contribution in [0.25, 0.3) is 0 Å². The number of rotatable bonds is 2. The van der Waals surface area contributed by atoms with E-state index < -0.39 is 0 Å². The molecule has 0 aliphatic heterocycles. The predicted molar refractivity (Wildman–Crippen MR) is 44.3 cm³/mol. The summed E-state index contributed by atoms with van der Waals surface area (Å²) < 4.78 is 0. The largest absolute Gasteiger partial charge is 0.396 e. The molecule has 0 radical (unpaired) electrons. The zero-order valence-electron chi connectivity index (χ0n) is 7.09. The van der Waals surface area contributed by atoms with E-state index in [1.165, 1.54) is 19.3 Å². The molecule has 0 aromatic heterocycles. The maximum atomic E-state index is 9.15. The molecule has 2 aliphatic carbocycles. The Bertz CT molecular complexity index is 132. The van der Waals surface area contributed by atoms with Gasteiger partial charge in [-0.15, -0.1) is 0 Å². The molecule has 2 fully saturated rings. The van der Waals surface area contributed by atoms with Gasteiger partial charge in [-0.05, 0) is 38.1 Å². The second-order valence-electron chi connectivity index (χ2n) is 3.99. The third-order valence-corrected chi connectivity index (χ3v) is 3.63. The van der Waals surface area contributed by atoms with Crippen LogP contribution in [0.15, 0.2) is 0 Å². The molecule has 0 saturated heterocycles. The van der Waals surface area contributed by atoms with E-state index in [2.05, 4.69) is 5.32 Å². The Morgan fingerprint density at radius 2 is 2.09 bits per heavy atom. The maximum Gasteiger partial charge on any atom is 0.0476 e. The van der Waals surface area contributed by atoms with E-state index in [1.807, 2.05) is 7.05 Å². The lowest BCUT2D eigenvalue weighted by molar-refractivity contribution is 0.147. The lowest BCUT2D eigenvalue weighted by Gasteiger charge is -2.29. The van der Waals surface area contributed by atoms with Crippen molar-refractivity contribution < 1.29 is 5.11 Å². The van der Waals surface area contributed by atoms with Gasteiger partial charge in [0.05, 0.1) is 0 Å². The smallest absolute Gasteiger partial charge is 0.0476 e. The van der Waals surface area contributed by atoms with Crippen molar-refractivity contribution in [2.24, 2.45) is 17.8 Å². The fraction of sp³-hybridized carbons (Fsp3) is 1.00. The van der Waals surface area contributed by atoms with Crippen molar-refractivity contribution in [3.05, 3.63) is 0 Å². The van der Waals surface area contributed by atoms with E-state index in [0.29, 0.717) is 18.6 Å². The first-order valence-electron chi connectivity index (χ1n) is 4.65. The van der Waals surface area contributed by atoms with Crippen molar-refractivity contribution in [2.75, 3.05) is 13.7 Å². The van der Waals surface area contributed by atoms with Crippen molar-refractivity contribution in [3.63, 3.8) is 0 Å². The van der Waals surface area contributed by atoms with Crippen LogP contribution in [-0.4, -0.2) is 24.8 Å². The van der Waals surface area contributed by atoms with E-state index in [-0.39, 0.29) is 0 Å². The fourth-order valence-corrected chi connectivity index (χ4v) is 3.12. The normalized spacial score (nSPS) is 48.5. The van der Waals surface area contributed by atoms with Crippen molar-refractivity contribution in [2.45, 2.75) is 25.3 Å². The summed E-state index contributed by atoms with van der Waals surface area (Å²) in [5, 5.41) is 12.5. The molecule has 2 unspecified atom stereocenters. The zero-order valence-corrected chi connectivity index (χ0v) is 7.09. The van der Waals surface area contributed by atoms with Gasteiger partial charge in [0.2, 0.25) is 0 Å². The summed E-state index contributed by atoms with van der Waals surface area (Å²) in [5.41, 5.74) is 0. The van der Waals surface area contributed by atoms with Crippen LogP contribution in [-0.2, 0) is 0 Å². The van der Waals surface area contributed by atoms with Crippen molar-refractivity contribution in [1.82, 2.24) is 5.32 Å². The van der Waals surface area contributed by atoms with E-state index in [1.54, 1.807) is 0 Å². The molecule has 2 saturated carbocycles. The predicted octanol–water partition coefficient (Wildman–Crippen LogP) is 0.613. The molecule has 0 aromatic rings. The van der Waals surface area contributed by atoms with Gasteiger partial charge in [-0.3, -0.25) is 0 Å². The molecule has 0 spiro atoms. The number of aliphatic hydroxyl groups is 1. The standard InChI is InChI=1S/C9H17NO/c1-10-9-7-3-2-6(4-7)8(9)5-11/h6-11H,2-5H2,1H3/t6-,7+,8?,9?/m0/s1. The molecule has 2 heteroatoms. The summed E-state index contributed by atoms with van der Waals surface area (Å²) in [6, 6.07) is 0.610. The number of fused-ring (bicyclic) bond motifs is 2. The first-order valence-corrected chi connectivity index (χ1v) is 4.65. The topological polar surface area (TPSA) is 32.3 Å². The molecule has 0 amide bonds. The van der Waals surface area contributed by atoms with Gasteiger partial charge in [0.1, 0.15) is 0 Å². The summed E-state index contributed by atoms with van der Waals surface area (Å²) in [6.45, 7) is 0.382. The van der Waals surface area contributed by atoms with Gasteiger partial charge in [0.25, 0.3) is 0 Å². The number of hydrogen-bond donors (Lipinski definition) is 2. The molecule has 11 heavy (non-hydrogen) atoms. The van der Waals surface area contributed by atoms with Crippen LogP contribution >= 0.6 is 0 Å². The molecular formula is C9H17NO. The number of hydrogen-bond acceptors (Lipinski definition) is 2. The zero-order chi connectivity index (χ0) is 7.84. The van der Waals surface area contributed by atoms with Crippen LogP contribution < -0.4 is 5.32 Å². The summed E-state index contributed by atoms with van der Waals surface area (Å²) in [6.07, 6.45) is 4.09. The minimum Gasteiger partial charge on any atom is -0.396 e. The summed E-state index contributed by atoms with van der Waals surface area (Å²) in [5.74, 6) is 2.24. The molecular weight excluding hydrogens is 138 g/mol. The average Bonchev–Trinajstić information content (AvgIpc) is 2.60. The average molecular weight is 155 g/mol. The quantitative estimate of drug-likeness (QED) is 0.612. The third-order valence-electron chi connectivity index (χ3n) is 3.63. The van der Waals surface area contributed by atoms with Gasteiger partial charge in [0.15, 0.2) is 0 Å². The van der Waals surface area contributed by atoms with Crippen molar-refractivity contribution >= 4 is 0 Å². The molecule has 2 bridgehead atoms. The van der Waals surface area contributed by atoms with Gasteiger partial charge in [0, 0.05) is 18.6 Å². The SMILES string of the molecule is CNC1C(CO)[C@H]2CC[C@@H]1C2. The van der Waals surface area contributed by atoms with Gasteiger partial charge in [-0.1, -0.05) is 0 Å². The molecule has 2 aliphatic rings. The first-order chi connectivity index (χ1) is 5.36. The van der Waals surface area contributed by atoms with E-state index in [4.69, 9.17) is 5.11 Å². The Labute approximate surface area is 68.0 Å². The highest BCUT2D eigenvalue weighted by Crippen LogP contribution is 2.47. The minimum atomic E-state index is 0.382. The minimum absolute atomic E-state index is 0.382. The number of nitrogens with one attached hydrogen (secondary N) is 1. The van der Waals surface area contributed by atoms with Crippen LogP contribution in [0.3, 0.4) is 0 Å². The Morgan fingerprint density at radius 1 is 1.36 bits per heavy atom. The van der Waals surface area contributed by atoms with Crippen LogP contribution in [0, 0.1) is 17.8 Å². The van der Waals surface area contributed by atoms with Gasteiger partial charge < -0.3 is 10.4 Å². The second kappa shape index (κ2) is 2.76. The van der Waals surface area contributed by atoms with Gasteiger partial charge in [-0.2, -0.15) is 0 Å². The van der Waals surface area contributed by atoms with Crippen LogP contribution in [0.4, 0.5) is 0 Å². The Morgan fingerprint density at radius 3 is 2.64 bits per heavy atom. The summed E-state index contributed by atoms with van der Waals surface area (Å²) >= 11 is 0. The maximum absolute atomic E-state index is 9.15. The molecule has 2 N–H and O–H groups in total. The van der Waals surface area contributed by atoms with E-state index >= 15 is 0 Å². The number of aliphatic hydroxyl groups excluding tert-OH is 1. The second-order valence-corrected chi connectivity index (χ2v) is 3.99. The first kappa shape index (κ1) is 7.56. The van der Waals surface area contributed by atoms with Crippen LogP contribution in [0.5, 0.6) is 0 Å². The molecule has 64 valence electrons. The lowest BCUT2D eigenvalue weighted by Crippen LogP contribution is -2.40. The molecule has 2 rings (SSSR count). The highest BCUT2D eigenvalue weighted by atomic mass is 16.3. The van der Waals surface area contributed by atoms with Gasteiger partial charge in [-0.25, -0.2) is 0 Å². The van der Waals surface area contributed by atoms with Gasteiger partial charge >= 0.3 is 0 Å². The molecule has 2 nitrogen and oxygen atoms in total. The van der Waals surface area contributed by atoms with Crippen molar-refractivity contribution in [1.29, 1.82) is 0 Å². The van der Waals surface area contributed by atoms with E-state index in [0.717, 1.165) is 11.8 Å².